The predicted octanol–water partition coefficient (Wildman–Crippen LogP) is 5.33. The van der Waals surface area contributed by atoms with Gasteiger partial charge in [0.05, 0.1) is 26.4 Å². The summed E-state index contributed by atoms with van der Waals surface area (Å²) in [5.74, 6) is -0.921. The molecule has 8 nitrogen and oxygen atoms in total. The van der Waals surface area contributed by atoms with E-state index in [2.05, 4.69) is 25.2 Å². The van der Waals surface area contributed by atoms with Gasteiger partial charge in [0, 0.05) is 31.1 Å². The summed E-state index contributed by atoms with van der Waals surface area (Å²) in [5.41, 5.74) is 1.83. The molecule has 4 rings (SSSR count). The number of hydrogen-bond acceptors (Lipinski definition) is 6. The molecule has 8 heteroatoms. The fraction of sp³-hybridized carbons (Fsp3) is 0.618. The maximum Gasteiger partial charge on any atom is 0.320 e. The van der Waals surface area contributed by atoms with Crippen LogP contribution < -0.4 is 5.32 Å². The molecule has 42 heavy (non-hydrogen) atoms. The van der Waals surface area contributed by atoms with Crippen molar-refractivity contribution in [2.75, 3.05) is 26.8 Å². The Balaban J connectivity index is 1.60. The number of piperidine rings is 1. The smallest absolute Gasteiger partial charge is 0.320 e. The van der Waals surface area contributed by atoms with E-state index in [1.165, 1.54) is 19.1 Å². The second-order valence-corrected chi connectivity index (χ2v) is 12.3. The van der Waals surface area contributed by atoms with Gasteiger partial charge in [0.25, 0.3) is 0 Å². The minimum Gasteiger partial charge on any atom is -0.468 e. The quantitative estimate of drug-likeness (QED) is 0.251. The van der Waals surface area contributed by atoms with Crippen LogP contribution in [0.3, 0.4) is 0 Å². The van der Waals surface area contributed by atoms with Crippen LogP contribution in [-0.2, 0) is 35.2 Å². The Bertz CT molecular complexity index is 1150. The molecule has 1 aliphatic carbocycles. The first-order valence-corrected chi connectivity index (χ1v) is 15.6. The van der Waals surface area contributed by atoms with Gasteiger partial charge in [-0.15, -0.1) is 0 Å². The molecule has 230 valence electrons. The number of benzene rings is 1. The summed E-state index contributed by atoms with van der Waals surface area (Å²) < 4.78 is 17.8. The Morgan fingerprint density at radius 1 is 1.19 bits per heavy atom. The van der Waals surface area contributed by atoms with Gasteiger partial charge >= 0.3 is 5.97 Å². The number of likely N-dealkylation sites (tertiary alicyclic amines) is 1. The van der Waals surface area contributed by atoms with Crippen LogP contribution in [0.1, 0.15) is 77.7 Å². The Morgan fingerprint density at radius 2 is 1.98 bits per heavy atom. The van der Waals surface area contributed by atoms with Crippen molar-refractivity contribution in [2.24, 2.45) is 17.3 Å². The molecular weight excluding hydrogens is 532 g/mol. The van der Waals surface area contributed by atoms with Crippen LogP contribution in [-0.4, -0.2) is 61.7 Å². The molecule has 0 unspecified atom stereocenters. The summed E-state index contributed by atoms with van der Waals surface area (Å²) in [6.07, 6.45) is 9.38. The van der Waals surface area contributed by atoms with E-state index < -0.39 is 29.5 Å². The topological polar surface area (TPSA) is 94.2 Å². The van der Waals surface area contributed by atoms with Gasteiger partial charge < -0.3 is 24.4 Å². The maximum absolute atomic E-state index is 14.1. The first kappa shape index (κ1) is 32.0. The largest absolute Gasteiger partial charge is 0.468 e. The molecule has 1 saturated heterocycles. The Labute approximate surface area is 250 Å². The number of rotatable bonds is 13. The third-order valence-corrected chi connectivity index (χ3v) is 8.81. The zero-order valence-electron chi connectivity index (χ0n) is 25.7. The number of esters is 1. The third-order valence-electron chi connectivity index (χ3n) is 8.81. The van der Waals surface area contributed by atoms with E-state index in [-0.39, 0.29) is 31.3 Å². The summed E-state index contributed by atoms with van der Waals surface area (Å²) in [6.45, 7) is 7.81. The molecule has 0 radical (unpaired) electrons. The fourth-order valence-corrected chi connectivity index (χ4v) is 6.43. The lowest BCUT2D eigenvalue weighted by atomic mass is 9.66. The monoisotopic (exact) mass is 580 g/mol. The van der Waals surface area contributed by atoms with Crippen LogP contribution in [0.25, 0.3) is 0 Å². The van der Waals surface area contributed by atoms with E-state index in [0.717, 1.165) is 37.7 Å². The molecule has 1 aromatic rings. The van der Waals surface area contributed by atoms with Crippen molar-refractivity contribution < 1.29 is 28.6 Å². The Kier molecular flexibility index (Phi) is 11.4. The first-order valence-electron chi connectivity index (χ1n) is 15.6. The van der Waals surface area contributed by atoms with E-state index in [4.69, 9.17) is 14.2 Å². The molecule has 1 aromatic carbocycles. The SMILES string of the molecule is COC(=O)[C@]12C[C@H](CC(=O)NCCC(C)C)C(=O)N(CCC3=CCCCC3)C1=C[C@H](COCc1ccccc1)O[C@@H]2C. The van der Waals surface area contributed by atoms with Crippen molar-refractivity contribution in [2.45, 2.75) is 91.0 Å². The average Bonchev–Trinajstić information content (AvgIpc) is 2.98. The highest BCUT2D eigenvalue weighted by molar-refractivity contribution is 5.92. The van der Waals surface area contributed by atoms with E-state index in [1.807, 2.05) is 43.3 Å². The number of amides is 2. The molecule has 1 fully saturated rings. The van der Waals surface area contributed by atoms with Crippen LogP contribution in [0.15, 0.2) is 53.8 Å². The summed E-state index contributed by atoms with van der Waals surface area (Å²) in [7, 11) is 1.37. The van der Waals surface area contributed by atoms with Gasteiger partial charge in [-0.1, -0.05) is 55.8 Å². The first-order chi connectivity index (χ1) is 20.2. The fourth-order valence-electron chi connectivity index (χ4n) is 6.43. The number of allylic oxidation sites excluding steroid dienone is 1. The van der Waals surface area contributed by atoms with Crippen LogP contribution in [0.4, 0.5) is 0 Å². The molecule has 3 aliphatic rings. The molecule has 0 spiro atoms. The molecule has 0 bridgehead atoms. The van der Waals surface area contributed by atoms with Gasteiger partial charge in [-0.25, -0.2) is 0 Å². The lowest BCUT2D eigenvalue weighted by Crippen LogP contribution is -2.60. The third kappa shape index (κ3) is 7.70. The van der Waals surface area contributed by atoms with Crippen molar-refractivity contribution in [3.8, 4) is 0 Å². The number of ether oxygens (including phenoxy) is 3. The van der Waals surface area contributed by atoms with E-state index in [0.29, 0.717) is 31.3 Å². The predicted molar refractivity (Wildman–Crippen MR) is 161 cm³/mol. The van der Waals surface area contributed by atoms with Gasteiger partial charge in [0.15, 0.2) is 0 Å². The number of carbonyl (C=O) groups excluding carboxylic acids is 3. The van der Waals surface area contributed by atoms with E-state index in [1.54, 1.807) is 4.90 Å². The summed E-state index contributed by atoms with van der Waals surface area (Å²) in [4.78, 5) is 42.5. The van der Waals surface area contributed by atoms with Gasteiger partial charge in [-0.3, -0.25) is 14.4 Å². The maximum atomic E-state index is 14.1. The molecule has 1 N–H and O–H groups in total. The summed E-state index contributed by atoms with van der Waals surface area (Å²) >= 11 is 0. The second kappa shape index (κ2) is 15.0. The second-order valence-electron chi connectivity index (χ2n) is 12.3. The molecule has 0 saturated carbocycles. The highest BCUT2D eigenvalue weighted by Gasteiger charge is 2.59. The molecule has 2 amide bonds. The molecule has 0 aromatic heterocycles. The number of fused-ring (bicyclic) bond motifs is 1. The lowest BCUT2D eigenvalue weighted by Gasteiger charge is -2.51. The number of nitrogens with zero attached hydrogens (tertiary/aromatic N) is 1. The number of nitrogens with one attached hydrogen (secondary N) is 1. The molecule has 2 heterocycles. The van der Waals surface area contributed by atoms with Crippen molar-refractivity contribution >= 4 is 17.8 Å². The van der Waals surface area contributed by atoms with Crippen molar-refractivity contribution in [3.63, 3.8) is 0 Å². The number of methoxy groups -OCH3 is 1. The van der Waals surface area contributed by atoms with Crippen molar-refractivity contribution in [3.05, 3.63) is 59.3 Å². The highest BCUT2D eigenvalue weighted by atomic mass is 16.5. The van der Waals surface area contributed by atoms with Gasteiger partial charge in [0.1, 0.15) is 11.5 Å². The van der Waals surface area contributed by atoms with Crippen LogP contribution in [0, 0.1) is 17.3 Å². The molecule has 4 atom stereocenters. The summed E-state index contributed by atoms with van der Waals surface area (Å²) in [6, 6.07) is 9.92. The normalized spacial score (nSPS) is 25.9. The van der Waals surface area contributed by atoms with Gasteiger partial charge in [-0.2, -0.15) is 0 Å². The minimum absolute atomic E-state index is 0.0263. The van der Waals surface area contributed by atoms with Gasteiger partial charge in [-0.05, 0) is 69.4 Å². The van der Waals surface area contributed by atoms with Crippen LogP contribution in [0.2, 0.25) is 0 Å². The lowest BCUT2D eigenvalue weighted by molar-refractivity contribution is -0.178. The standard InChI is InChI=1S/C34H48N2O6/c1-24(2)15-17-35-31(37)19-28-21-34(33(39)40-4)25(3)42-29(23-41-22-27-13-9-6-10-14-27)20-30(34)36(32(28)38)18-16-26-11-7-5-8-12-26/h6,9-11,13-14,20,24-25,28-29H,5,7-8,12,15-19,21-23H2,1-4H3,(H,35,37)/t25-,28+,29-,34+/m1/s1. The molecular formula is C34H48N2O6. The van der Waals surface area contributed by atoms with E-state index >= 15 is 0 Å². The average molecular weight is 581 g/mol. The number of hydrogen-bond donors (Lipinski definition) is 1. The highest BCUT2D eigenvalue weighted by Crippen LogP contribution is 2.50. The zero-order chi connectivity index (χ0) is 30.1. The number of carbonyl (C=O) groups is 3. The van der Waals surface area contributed by atoms with Crippen molar-refractivity contribution in [1.29, 1.82) is 0 Å². The summed E-state index contributed by atoms with van der Waals surface area (Å²) in [5, 5.41) is 2.97. The molecule has 2 aliphatic heterocycles. The van der Waals surface area contributed by atoms with Crippen molar-refractivity contribution in [1.82, 2.24) is 10.2 Å². The zero-order valence-corrected chi connectivity index (χ0v) is 25.7. The van der Waals surface area contributed by atoms with Crippen LogP contribution >= 0.6 is 0 Å². The van der Waals surface area contributed by atoms with E-state index in [9.17, 15) is 14.4 Å². The van der Waals surface area contributed by atoms with Crippen LogP contribution in [0.5, 0.6) is 0 Å². The Morgan fingerprint density at radius 3 is 2.67 bits per heavy atom. The Hall–Kier alpha value is -2.97. The minimum atomic E-state index is -1.19. The van der Waals surface area contributed by atoms with Gasteiger partial charge in [0.2, 0.25) is 11.8 Å².